The summed E-state index contributed by atoms with van der Waals surface area (Å²) in [6.45, 7) is 1.73. The van der Waals surface area contributed by atoms with Crippen molar-refractivity contribution in [3.8, 4) is 0 Å². The van der Waals surface area contributed by atoms with Crippen molar-refractivity contribution in [1.29, 1.82) is 0 Å². The molecule has 2 rings (SSSR count). The average molecular weight is 304 g/mol. The summed E-state index contributed by atoms with van der Waals surface area (Å²) in [7, 11) is 0.286. The number of aliphatic hydroxyl groups is 1. The number of aliphatic hydroxyl groups excluding tert-OH is 1. The van der Waals surface area contributed by atoms with E-state index >= 15 is 0 Å². The van der Waals surface area contributed by atoms with Gasteiger partial charge in [0.2, 0.25) is 0 Å². The van der Waals surface area contributed by atoms with E-state index in [0.717, 1.165) is 25.9 Å². The third kappa shape index (κ3) is 3.17. The van der Waals surface area contributed by atoms with Crippen molar-refractivity contribution in [3.63, 3.8) is 0 Å². The first-order chi connectivity index (χ1) is 8.95. The lowest BCUT2D eigenvalue weighted by Gasteiger charge is -2.34. The molecule has 5 nitrogen and oxygen atoms in total. The van der Waals surface area contributed by atoms with Crippen molar-refractivity contribution in [2.75, 3.05) is 27.2 Å². The summed E-state index contributed by atoms with van der Waals surface area (Å²) in [5.74, 6) is 0. The Bertz CT molecular complexity index is 519. The van der Waals surface area contributed by atoms with Gasteiger partial charge in [-0.15, -0.1) is 11.3 Å². The number of hydrogen-bond acceptors (Lipinski definition) is 5. The lowest BCUT2D eigenvalue weighted by Crippen LogP contribution is -2.44. The molecular formula is C12H20N2O3S2. The van der Waals surface area contributed by atoms with Gasteiger partial charge in [0.25, 0.3) is 10.0 Å². The second kappa shape index (κ2) is 5.88. The molecule has 108 valence electrons. The van der Waals surface area contributed by atoms with Gasteiger partial charge in [0.15, 0.2) is 0 Å². The first-order valence-electron chi connectivity index (χ1n) is 6.30. The second-order valence-corrected chi connectivity index (χ2v) is 8.12. The summed E-state index contributed by atoms with van der Waals surface area (Å²) < 4.78 is 26.8. The average Bonchev–Trinajstić information content (AvgIpc) is 2.88. The highest BCUT2D eigenvalue weighted by Gasteiger charge is 2.31. The highest BCUT2D eigenvalue weighted by atomic mass is 32.2. The lowest BCUT2D eigenvalue weighted by atomic mass is 10.1. The minimum absolute atomic E-state index is 0.0703. The summed E-state index contributed by atoms with van der Waals surface area (Å²) in [5, 5.41) is 10.7. The van der Waals surface area contributed by atoms with Crippen LogP contribution >= 0.6 is 11.3 Å². The normalized spacial score (nSPS) is 19.2. The molecule has 1 aromatic rings. The van der Waals surface area contributed by atoms with Gasteiger partial charge in [0.1, 0.15) is 4.21 Å². The Morgan fingerprint density at radius 2 is 2.11 bits per heavy atom. The molecule has 0 aliphatic carbocycles. The fourth-order valence-electron chi connectivity index (χ4n) is 2.27. The third-order valence-electron chi connectivity index (χ3n) is 3.65. The zero-order chi connectivity index (χ0) is 14.0. The van der Waals surface area contributed by atoms with Gasteiger partial charge in [0.05, 0.1) is 6.61 Å². The first kappa shape index (κ1) is 14.9. The van der Waals surface area contributed by atoms with Crippen LogP contribution in [-0.4, -0.2) is 56.0 Å². The Balaban J connectivity index is 2.14. The van der Waals surface area contributed by atoms with Crippen LogP contribution in [0.1, 0.15) is 18.4 Å². The molecule has 0 radical (unpaired) electrons. The first-order valence-corrected chi connectivity index (χ1v) is 8.62. The quantitative estimate of drug-likeness (QED) is 0.900. The summed E-state index contributed by atoms with van der Waals surface area (Å²) in [6, 6.07) is 1.63. The topological polar surface area (TPSA) is 60.9 Å². The predicted molar refractivity (Wildman–Crippen MR) is 75.7 cm³/mol. The van der Waals surface area contributed by atoms with Crippen LogP contribution in [0.25, 0.3) is 0 Å². The number of hydrogen-bond donors (Lipinski definition) is 1. The molecule has 1 aliphatic rings. The van der Waals surface area contributed by atoms with Gasteiger partial charge >= 0.3 is 0 Å². The van der Waals surface area contributed by atoms with Crippen LogP contribution in [0.4, 0.5) is 0 Å². The molecule has 1 fully saturated rings. The molecular weight excluding hydrogens is 284 g/mol. The van der Waals surface area contributed by atoms with E-state index < -0.39 is 10.0 Å². The van der Waals surface area contributed by atoms with E-state index in [1.807, 2.05) is 0 Å². The Kier molecular flexibility index (Phi) is 4.62. The molecule has 0 aromatic carbocycles. The van der Waals surface area contributed by atoms with E-state index in [0.29, 0.717) is 9.77 Å². The Hall–Kier alpha value is -0.470. The predicted octanol–water partition coefficient (Wildman–Crippen LogP) is 0.955. The van der Waals surface area contributed by atoms with Gasteiger partial charge in [-0.1, -0.05) is 0 Å². The van der Waals surface area contributed by atoms with Crippen LogP contribution in [0.5, 0.6) is 0 Å². The summed E-state index contributed by atoms with van der Waals surface area (Å²) >= 11 is 1.17. The monoisotopic (exact) mass is 304 g/mol. The summed E-state index contributed by atoms with van der Waals surface area (Å²) in [5.41, 5.74) is 0.653. The van der Waals surface area contributed by atoms with E-state index in [1.54, 1.807) is 18.5 Å². The van der Waals surface area contributed by atoms with Crippen LogP contribution in [0.2, 0.25) is 0 Å². The molecule has 7 heteroatoms. The summed E-state index contributed by atoms with van der Waals surface area (Å²) in [4.78, 5) is 2.21. The zero-order valence-electron chi connectivity index (χ0n) is 11.2. The van der Waals surface area contributed by atoms with Gasteiger partial charge in [-0.05, 0) is 50.0 Å². The maximum absolute atomic E-state index is 12.5. The van der Waals surface area contributed by atoms with Crippen molar-refractivity contribution in [2.24, 2.45) is 0 Å². The third-order valence-corrected chi connectivity index (χ3v) is 7.02. The number of piperidine rings is 1. The van der Waals surface area contributed by atoms with Gasteiger partial charge in [0, 0.05) is 13.1 Å². The highest BCUT2D eigenvalue weighted by molar-refractivity contribution is 7.91. The second-order valence-electron chi connectivity index (χ2n) is 4.99. The number of nitrogens with zero attached hydrogens (tertiary/aromatic N) is 2. The van der Waals surface area contributed by atoms with Crippen LogP contribution < -0.4 is 0 Å². The van der Waals surface area contributed by atoms with Gasteiger partial charge in [-0.25, -0.2) is 8.42 Å². The molecule has 0 saturated carbocycles. The molecule has 0 unspecified atom stereocenters. The molecule has 19 heavy (non-hydrogen) atoms. The molecule has 2 heterocycles. The largest absolute Gasteiger partial charge is 0.392 e. The van der Waals surface area contributed by atoms with E-state index in [9.17, 15) is 8.42 Å². The standard InChI is InChI=1S/C12H20N2O3S2/c1-13-5-3-11(4-6-13)14(2)19(16,17)12-7-10(8-15)9-18-12/h7,9,11,15H,3-6,8H2,1-2H3. The fourth-order valence-corrected chi connectivity index (χ4v) is 5.07. The zero-order valence-corrected chi connectivity index (χ0v) is 12.9. The lowest BCUT2D eigenvalue weighted by molar-refractivity contribution is 0.198. The molecule has 0 bridgehead atoms. The SMILES string of the molecule is CN1CCC(N(C)S(=O)(=O)c2cc(CO)cs2)CC1. The number of rotatable bonds is 4. The molecule has 0 spiro atoms. The van der Waals surface area contributed by atoms with E-state index in [2.05, 4.69) is 11.9 Å². The van der Waals surface area contributed by atoms with Crippen molar-refractivity contribution < 1.29 is 13.5 Å². The molecule has 0 atom stereocenters. The summed E-state index contributed by atoms with van der Waals surface area (Å²) in [6.07, 6.45) is 1.73. The maximum Gasteiger partial charge on any atom is 0.252 e. The van der Waals surface area contributed by atoms with Crippen LogP contribution in [0, 0.1) is 0 Å². The van der Waals surface area contributed by atoms with Crippen molar-refractivity contribution in [3.05, 3.63) is 17.0 Å². The van der Waals surface area contributed by atoms with Crippen molar-refractivity contribution in [1.82, 2.24) is 9.21 Å². The van der Waals surface area contributed by atoms with E-state index in [-0.39, 0.29) is 12.6 Å². The van der Waals surface area contributed by atoms with E-state index in [1.165, 1.54) is 15.6 Å². The van der Waals surface area contributed by atoms with Gasteiger partial charge in [-0.3, -0.25) is 0 Å². The van der Waals surface area contributed by atoms with Crippen LogP contribution in [0.3, 0.4) is 0 Å². The molecule has 1 N–H and O–H groups in total. The van der Waals surface area contributed by atoms with E-state index in [4.69, 9.17) is 5.11 Å². The van der Waals surface area contributed by atoms with Crippen molar-refractivity contribution >= 4 is 21.4 Å². The van der Waals surface area contributed by atoms with Crippen LogP contribution in [-0.2, 0) is 16.6 Å². The van der Waals surface area contributed by atoms with Gasteiger partial charge in [-0.2, -0.15) is 4.31 Å². The van der Waals surface area contributed by atoms with Crippen LogP contribution in [0.15, 0.2) is 15.7 Å². The molecule has 1 saturated heterocycles. The van der Waals surface area contributed by atoms with Gasteiger partial charge < -0.3 is 10.0 Å². The number of thiophene rings is 1. The number of sulfonamides is 1. The highest BCUT2D eigenvalue weighted by Crippen LogP contribution is 2.27. The minimum Gasteiger partial charge on any atom is -0.392 e. The molecule has 1 aromatic heterocycles. The number of likely N-dealkylation sites (tertiary alicyclic amines) is 1. The minimum atomic E-state index is -3.42. The Morgan fingerprint density at radius 3 is 2.63 bits per heavy atom. The molecule has 0 amide bonds. The Morgan fingerprint density at radius 1 is 1.47 bits per heavy atom. The smallest absolute Gasteiger partial charge is 0.252 e. The van der Waals surface area contributed by atoms with Crippen molar-refractivity contribution in [2.45, 2.75) is 29.7 Å². The fraction of sp³-hybridized carbons (Fsp3) is 0.667. The maximum atomic E-state index is 12.5. The Labute approximate surface area is 118 Å². The molecule has 1 aliphatic heterocycles.